The van der Waals surface area contributed by atoms with Crippen LogP contribution < -0.4 is 10.6 Å². The van der Waals surface area contributed by atoms with Crippen LogP contribution in [0.2, 0.25) is 5.02 Å². The Kier molecular flexibility index (Phi) is 5.56. The summed E-state index contributed by atoms with van der Waals surface area (Å²) in [7, 11) is 0. The Labute approximate surface area is 163 Å². The summed E-state index contributed by atoms with van der Waals surface area (Å²) in [6.07, 6.45) is 3.06. The van der Waals surface area contributed by atoms with Crippen molar-refractivity contribution in [2.24, 2.45) is 11.3 Å². The van der Waals surface area contributed by atoms with Crippen LogP contribution in [0.25, 0.3) is 11.1 Å². The van der Waals surface area contributed by atoms with Gasteiger partial charge < -0.3 is 10.6 Å². The molecule has 1 amide bonds. The molecule has 6 heteroatoms. The van der Waals surface area contributed by atoms with E-state index < -0.39 is 0 Å². The minimum absolute atomic E-state index is 0. The number of piperidine rings is 1. The van der Waals surface area contributed by atoms with Gasteiger partial charge in [-0.25, -0.2) is 4.39 Å². The molecule has 1 aliphatic heterocycles. The fourth-order valence-electron chi connectivity index (χ4n) is 3.91. The predicted molar refractivity (Wildman–Crippen MR) is 105 cm³/mol. The van der Waals surface area contributed by atoms with Gasteiger partial charge in [0.15, 0.2) is 0 Å². The first-order chi connectivity index (χ1) is 12.1. The zero-order valence-electron chi connectivity index (χ0n) is 14.2. The van der Waals surface area contributed by atoms with Gasteiger partial charge >= 0.3 is 0 Å². The van der Waals surface area contributed by atoms with Crippen LogP contribution in [0.5, 0.6) is 0 Å². The molecule has 1 spiro atoms. The molecule has 1 heterocycles. The number of rotatable bonds is 3. The van der Waals surface area contributed by atoms with E-state index in [4.69, 9.17) is 11.6 Å². The van der Waals surface area contributed by atoms with E-state index >= 15 is 0 Å². The Morgan fingerprint density at radius 2 is 1.85 bits per heavy atom. The van der Waals surface area contributed by atoms with E-state index in [1.165, 1.54) is 12.1 Å². The van der Waals surface area contributed by atoms with E-state index in [9.17, 15) is 9.18 Å². The first kappa shape index (κ1) is 19.2. The van der Waals surface area contributed by atoms with E-state index in [-0.39, 0.29) is 35.5 Å². The molecule has 0 bridgehead atoms. The zero-order chi connectivity index (χ0) is 17.4. The minimum Gasteiger partial charge on any atom is -0.325 e. The summed E-state index contributed by atoms with van der Waals surface area (Å²) >= 11 is 5.94. The lowest BCUT2D eigenvalue weighted by Gasteiger charge is -2.23. The molecule has 2 aromatic rings. The van der Waals surface area contributed by atoms with E-state index in [0.717, 1.165) is 37.9 Å². The number of carbonyl (C=O) groups is 1. The largest absolute Gasteiger partial charge is 0.325 e. The average Bonchev–Trinajstić information content (AvgIpc) is 3.31. The van der Waals surface area contributed by atoms with E-state index in [0.29, 0.717) is 16.3 Å². The second kappa shape index (κ2) is 7.55. The highest BCUT2D eigenvalue weighted by atomic mass is 35.5. The summed E-state index contributed by atoms with van der Waals surface area (Å²) in [5, 5.41) is 6.99. The number of hydrogen-bond donors (Lipinski definition) is 2. The Hall–Kier alpha value is -1.62. The molecule has 138 valence electrons. The quantitative estimate of drug-likeness (QED) is 0.777. The van der Waals surface area contributed by atoms with Gasteiger partial charge in [-0.1, -0.05) is 23.7 Å². The van der Waals surface area contributed by atoms with E-state index in [2.05, 4.69) is 10.6 Å². The molecule has 1 saturated heterocycles. The fraction of sp³-hybridized carbons (Fsp3) is 0.350. The standard InChI is InChI=1S/C20H20ClFN2O.ClH/c21-14-3-1-13(2-4-14)16-11-15(22)5-6-18(16)24-19(25)17-12-20(17)7-9-23-10-8-20;/h1-6,11,17,23H,7-10,12H2,(H,24,25);1H. The van der Waals surface area contributed by atoms with Crippen molar-refractivity contribution in [3.05, 3.63) is 53.3 Å². The van der Waals surface area contributed by atoms with Crippen molar-refractivity contribution in [1.29, 1.82) is 0 Å². The van der Waals surface area contributed by atoms with E-state index in [1.54, 1.807) is 18.2 Å². The van der Waals surface area contributed by atoms with E-state index in [1.807, 2.05) is 12.1 Å². The van der Waals surface area contributed by atoms with Crippen LogP contribution in [0.3, 0.4) is 0 Å². The predicted octanol–water partition coefficient (Wildman–Crippen LogP) is 4.90. The van der Waals surface area contributed by atoms with Gasteiger partial charge in [-0.05, 0) is 73.7 Å². The van der Waals surface area contributed by atoms with Gasteiger partial charge in [0.2, 0.25) is 5.91 Å². The molecular weight excluding hydrogens is 374 g/mol. The lowest BCUT2D eigenvalue weighted by atomic mass is 9.91. The first-order valence-corrected chi connectivity index (χ1v) is 9.02. The third kappa shape index (κ3) is 3.73. The highest BCUT2D eigenvalue weighted by Gasteiger charge is 2.57. The number of halogens is 3. The molecule has 1 unspecified atom stereocenters. The summed E-state index contributed by atoms with van der Waals surface area (Å²) in [6.45, 7) is 1.96. The van der Waals surface area contributed by atoms with Crippen molar-refractivity contribution in [2.45, 2.75) is 19.3 Å². The number of amides is 1. The Morgan fingerprint density at radius 1 is 1.15 bits per heavy atom. The van der Waals surface area contributed by atoms with Crippen LogP contribution in [0.1, 0.15) is 19.3 Å². The van der Waals surface area contributed by atoms with Crippen molar-refractivity contribution in [1.82, 2.24) is 5.32 Å². The molecule has 0 aromatic heterocycles. The van der Waals surface area contributed by atoms with Crippen LogP contribution in [-0.4, -0.2) is 19.0 Å². The van der Waals surface area contributed by atoms with Gasteiger partial charge in [-0.3, -0.25) is 4.79 Å². The van der Waals surface area contributed by atoms with Crippen molar-refractivity contribution >= 4 is 35.6 Å². The highest BCUT2D eigenvalue weighted by Crippen LogP contribution is 2.58. The molecule has 26 heavy (non-hydrogen) atoms. The normalized spacial score (nSPS) is 20.3. The Bertz CT molecular complexity index is 804. The molecule has 1 atom stereocenters. The average molecular weight is 395 g/mol. The number of anilines is 1. The van der Waals surface area contributed by atoms with Gasteiger partial charge in [0, 0.05) is 22.2 Å². The molecule has 1 saturated carbocycles. The third-order valence-corrected chi connectivity index (χ3v) is 5.75. The Morgan fingerprint density at radius 3 is 2.54 bits per heavy atom. The third-order valence-electron chi connectivity index (χ3n) is 5.50. The SMILES string of the molecule is Cl.O=C(Nc1ccc(F)cc1-c1ccc(Cl)cc1)C1CC12CCNCC2. The maximum absolute atomic E-state index is 13.8. The van der Waals surface area contributed by atoms with Crippen LogP contribution >= 0.6 is 24.0 Å². The van der Waals surface area contributed by atoms with Gasteiger partial charge in [0.25, 0.3) is 0 Å². The first-order valence-electron chi connectivity index (χ1n) is 8.64. The number of hydrogen-bond acceptors (Lipinski definition) is 2. The number of nitrogens with one attached hydrogen (secondary N) is 2. The summed E-state index contributed by atoms with van der Waals surface area (Å²) < 4.78 is 13.8. The van der Waals surface area contributed by atoms with Gasteiger partial charge in [0.05, 0.1) is 0 Å². The minimum atomic E-state index is -0.329. The summed E-state index contributed by atoms with van der Waals surface area (Å²) in [4.78, 5) is 12.7. The van der Waals surface area contributed by atoms with Crippen LogP contribution in [0.15, 0.2) is 42.5 Å². The van der Waals surface area contributed by atoms with Crippen molar-refractivity contribution in [3.63, 3.8) is 0 Å². The molecule has 1 aliphatic carbocycles. The molecule has 0 radical (unpaired) electrons. The molecule has 3 nitrogen and oxygen atoms in total. The summed E-state index contributed by atoms with van der Waals surface area (Å²) in [6, 6.07) is 11.6. The Balaban J connectivity index is 0.00000196. The molecule has 2 aromatic carbocycles. The van der Waals surface area contributed by atoms with Crippen LogP contribution in [-0.2, 0) is 4.79 Å². The monoisotopic (exact) mass is 394 g/mol. The number of benzene rings is 2. The highest BCUT2D eigenvalue weighted by molar-refractivity contribution is 6.30. The lowest BCUT2D eigenvalue weighted by Crippen LogP contribution is -2.31. The van der Waals surface area contributed by atoms with Crippen LogP contribution in [0.4, 0.5) is 10.1 Å². The van der Waals surface area contributed by atoms with Gasteiger partial charge in [-0.15, -0.1) is 12.4 Å². The summed E-state index contributed by atoms with van der Waals surface area (Å²) in [5.41, 5.74) is 2.32. The smallest absolute Gasteiger partial charge is 0.228 e. The maximum Gasteiger partial charge on any atom is 0.228 e. The maximum atomic E-state index is 13.8. The van der Waals surface area contributed by atoms with Crippen molar-refractivity contribution in [2.75, 3.05) is 18.4 Å². The number of carbonyl (C=O) groups excluding carboxylic acids is 1. The molecule has 2 aliphatic rings. The summed E-state index contributed by atoms with van der Waals surface area (Å²) in [5.74, 6) is -0.217. The van der Waals surface area contributed by atoms with Crippen molar-refractivity contribution in [3.8, 4) is 11.1 Å². The molecule has 4 rings (SSSR count). The zero-order valence-corrected chi connectivity index (χ0v) is 15.8. The second-order valence-electron chi connectivity index (χ2n) is 7.06. The van der Waals surface area contributed by atoms with Crippen molar-refractivity contribution < 1.29 is 9.18 Å². The topological polar surface area (TPSA) is 41.1 Å². The van der Waals surface area contributed by atoms with Crippen LogP contribution in [0, 0.1) is 17.2 Å². The molecule has 2 fully saturated rings. The lowest BCUT2D eigenvalue weighted by molar-refractivity contribution is -0.118. The molecular formula is C20H21Cl2FN2O. The molecule has 2 N–H and O–H groups in total. The second-order valence-corrected chi connectivity index (χ2v) is 7.49. The fourth-order valence-corrected chi connectivity index (χ4v) is 4.04. The van der Waals surface area contributed by atoms with Gasteiger partial charge in [-0.2, -0.15) is 0 Å². The van der Waals surface area contributed by atoms with Gasteiger partial charge in [0.1, 0.15) is 5.82 Å².